The molecule has 3 N–H and O–H groups in total. The maximum atomic E-state index is 9.36. The van der Waals surface area contributed by atoms with E-state index >= 15 is 0 Å². The predicted molar refractivity (Wildman–Crippen MR) is 54.6 cm³/mol. The van der Waals surface area contributed by atoms with E-state index in [0.717, 1.165) is 32.2 Å². The summed E-state index contributed by atoms with van der Waals surface area (Å²) in [4.78, 5) is 3.99. The zero-order valence-electron chi connectivity index (χ0n) is 8.26. The van der Waals surface area contributed by atoms with E-state index in [1.807, 2.05) is 10.8 Å². The molecule has 0 bridgehead atoms. The fourth-order valence-corrected chi connectivity index (χ4v) is 2.10. The molecule has 1 aromatic heterocycles. The molecule has 1 fully saturated rings. The first kappa shape index (κ1) is 9.52. The summed E-state index contributed by atoms with van der Waals surface area (Å²) in [6.07, 6.45) is 7.67. The number of nitrogen functional groups attached to an aromatic ring is 1. The van der Waals surface area contributed by atoms with Gasteiger partial charge < -0.3 is 15.4 Å². The first-order valence-corrected chi connectivity index (χ1v) is 5.19. The number of anilines is 1. The normalized spacial score (nSPS) is 27.8. The molecule has 0 aromatic carbocycles. The third-order valence-electron chi connectivity index (χ3n) is 2.94. The first-order valence-electron chi connectivity index (χ1n) is 5.19. The van der Waals surface area contributed by atoms with Crippen LogP contribution in [0.4, 0.5) is 5.82 Å². The van der Waals surface area contributed by atoms with Crippen molar-refractivity contribution >= 4 is 5.82 Å². The second kappa shape index (κ2) is 4.00. The van der Waals surface area contributed by atoms with E-state index in [9.17, 15) is 5.11 Å². The smallest absolute Gasteiger partial charge is 0.141 e. The zero-order valence-corrected chi connectivity index (χ0v) is 8.26. The lowest BCUT2D eigenvalue weighted by atomic mass is 9.87. The summed E-state index contributed by atoms with van der Waals surface area (Å²) >= 11 is 0. The van der Waals surface area contributed by atoms with Gasteiger partial charge in [0.15, 0.2) is 0 Å². The number of nitrogens with two attached hydrogens (primary N) is 1. The van der Waals surface area contributed by atoms with Crippen molar-refractivity contribution in [3.05, 3.63) is 12.5 Å². The number of hydrogen-bond acceptors (Lipinski definition) is 3. The van der Waals surface area contributed by atoms with Crippen molar-refractivity contribution in [3.63, 3.8) is 0 Å². The van der Waals surface area contributed by atoms with Crippen molar-refractivity contribution < 1.29 is 5.11 Å². The van der Waals surface area contributed by atoms with Crippen LogP contribution in [0.3, 0.4) is 0 Å². The molecule has 4 nitrogen and oxygen atoms in total. The van der Waals surface area contributed by atoms with Crippen LogP contribution < -0.4 is 5.73 Å². The van der Waals surface area contributed by atoms with Gasteiger partial charge in [-0.3, -0.25) is 0 Å². The summed E-state index contributed by atoms with van der Waals surface area (Å²) in [5, 5.41) is 9.36. The Morgan fingerprint density at radius 3 is 2.71 bits per heavy atom. The predicted octanol–water partition coefficient (Wildman–Crippen LogP) is 1.02. The highest BCUT2D eigenvalue weighted by Gasteiger charge is 2.19. The lowest BCUT2D eigenvalue weighted by molar-refractivity contribution is 0.104. The summed E-state index contributed by atoms with van der Waals surface area (Å²) in [6.45, 7) is 0.983. The molecule has 2 rings (SSSR count). The minimum atomic E-state index is -0.0703. The summed E-state index contributed by atoms with van der Waals surface area (Å²) in [6, 6.07) is 0. The molecule has 1 aliphatic rings. The quantitative estimate of drug-likeness (QED) is 0.740. The molecule has 1 aromatic rings. The Bertz CT molecular complexity index is 289. The van der Waals surface area contributed by atoms with Gasteiger partial charge in [-0.2, -0.15) is 0 Å². The van der Waals surface area contributed by atoms with E-state index in [1.165, 1.54) is 0 Å². The molecule has 1 saturated carbocycles. The second-order valence-electron chi connectivity index (χ2n) is 4.17. The maximum absolute atomic E-state index is 9.36. The SMILES string of the molecule is Nc1cn(CC2CCC(O)CC2)cn1. The molecule has 0 unspecified atom stereocenters. The molecule has 0 spiro atoms. The second-order valence-corrected chi connectivity index (χ2v) is 4.17. The van der Waals surface area contributed by atoms with Crippen LogP contribution in [-0.2, 0) is 6.54 Å². The Labute approximate surface area is 83.8 Å². The number of aromatic nitrogens is 2. The number of aliphatic hydroxyl groups excluding tert-OH is 1. The van der Waals surface area contributed by atoms with Gasteiger partial charge >= 0.3 is 0 Å². The minimum Gasteiger partial charge on any atom is -0.393 e. The van der Waals surface area contributed by atoms with Crippen molar-refractivity contribution in [1.29, 1.82) is 0 Å². The summed E-state index contributed by atoms with van der Waals surface area (Å²) in [5.41, 5.74) is 5.53. The molecule has 1 aliphatic carbocycles. The van der Waals surface area contributed by atoms with Gasteiger partial charge in [-0.15, -0.1) is 0 Å². The Kier molecular flexibility index (Phi) is 2.72. The average Bonchev–Trinajstić information content (AvgIpc) is 2.56. The fraction of sp³-hybridized carbons (Fsp3) is 0.700. The van der Waals surface area contributed by atoms with E-state index in [0.29, 0.717) is 11.7 Å². The summed E-state index contributed by atoms with van der Waals surface area (Å²) < 4.78 is 2.04. The van der Waals surface area contributed by atoms with Gasteiger partial charge in [0, 0.05) is 12.7 Å². The largest absolute Gasteiger partial charge is 0.393 e. The lowest BCUT2D eigenvalue weighted by Gasteiger charge is -2.25. The average molecular weight is 195 g/mol. The molecule has 0 saturated heterocycles. The zero-order chi connectivity index (χ0) is 9.97. The molecule has 0 amide bonds. The highest BCUT2D eigenvalue weighted by molar-refractivity contribution is 5.22. The number of nitrogens with zero attached hydrogens (tertiary/aromatic N) is 2. The minimum absolute atomic E-state index is 0.0703. The molecule has 78 valence electrons. The molecule has 0 atom stereocenters. The van der Waals surface area contributed by atoms with Crippen molar-refractivity contribution in [3.8, 4) is 0 Å². The Morgan fingerprint density at radius 2 is 2.14 bits per heavy atom. The highest BCUT2D eigenvalue weighted by atomic mass is 16.3. The molecule has 0 radical (unpaired) electrons. The van der Waals surface area contributed by atoms with Crippen LogP contribution in [0.1, 0.15) is 25.7 Å². The van der Waals surface area contributed by atoms with Gasteiger partial charge in [-0.05, 0) is 31.6 Å². The Balaban J connectivity index is 1.86. The van der Waals surface area contributed by atoms with Crippen molar-refractivity contribution in [2.45, 2.75) is 38.3 Å². The van der Waals surface area contributed by atoms with Crippen molar-refractivity contribution in [2.75, 3.05) is 5.73 Å². The topological polar surface area (TPSA) is 64.1 Å². The van der Waals surface area contributed by atoms with Gasteiger partial charge in [-0.1, -0.05) is 0 Å². The van der Waals surface area contributed by atoms with E-state index in [2.05, 4.69) is 4.98 Å². The standard InChI is InChI=1S/C10H17N3O/c11-10-6-13(7-12-10)5-8-1-3-9(14)4-2-8/h6-9,14H,1-5,11H2. The van der Waals surface area contributed by atoms with Crippen LogP contribution in [0.15, 0.2) is 12.5 Å². The van der Waals surface area contributed by atoms with Gasteiger partial charge in [-0.25, -0.2) is 4.98 Å². The Morgan fingerprint density at radius 1 is 1.43 bits per heavy atom. The van der Waals surface area contributed by atoms with Gasteiger partial charge in [0.2, 0.25) is 0 Å². The molecular formula is C10H17N3O. The number of aliphatic hydroxyl groups is 1. The molecule has 0 aliphatic heterocycles. The van der Waals surface area contributed by atoms with Gasteiger partial charge in [0.05, 0.1) is 12.4 Å². The van der Waals surface area contributed by atoms with E-state index in [4.69, 9.17) is 5.73 Å². The Hall–Kier alpha value is -1.03. The number of rotatable bonds is 2. The monoisotopic (exact) mass is 195 g/mol. The third-order valence-corrected chi connectivity index (χ3v) is 2.94. The summed E-state index contributed by atoms with van der Waals surface area (Å²) in [7, 11) is 0. The van der Waals surface area contributed by atoms with Crippen LogP contribution in [0, 0.1) is 5.92 Å². The molecule has 1 heterocycles. The molecule has 14 heavy (non-hydrogen) atoms. The van der Waals surface area contributed by atoms with Crippen LogP contribution in [0.25, 0.3) is 0 Å². The highest BCUT2D eigenvalue weighted by Crippen LogP contribution is 2.25. The van der Waals surface area contributed by atoms with Gasteiger partial charge in [0.1, 0.15) is 5.82 Å². The van der Waals surface area contributed by atoms with E-state index in [1.54, 1.807) is 6.33 Å². The number of hydrogen-bond donors (Lipinski definition) is 2. The lowest BCUT2D eigenvalue weighted by Crippen LogP contribution is -2.21. The van der Waals surface area contributed by atoms with Crippen molar-refractivity contribution in [2.24, 2.45) is 5.92 Å². The van der Waals surface area contributed by atoms with E-state index in [-0.39, 0.29) is 6.10 Å². The first-order chi connectivity index (χ1) is 6.74. The molecular weight excluding hydrogens is 178 g/mol. The van der Waals surface area contributed by atoms with E-state index < -0.39 is 0 Å². The van der Waals surface area contributed by atoms with Crippen molar-refractivity contribution in [1.82, 2.24) is 9.55 Å². The molecule has 4 heteroatoms. The number of imidazole rings is 1. The van der Waals surface area contributed by atoms with Crippen LogP contribution in [-0.4, -0.2) is 20.8 Å². The van der Waals surface area contributed by atoms with Gasteiger partial charge in [0.25, 0.3) is 0 Å². The maximum Gasteiger partial charge on any atom is 0.141 e. The van der Waals surface area contributed by atoms with Crippen LogP contribution in [0.2, 0.25) is 0 Å². The third kappa shape index (κ3) is 2.26. The fourth-order valence-electron chi connectivity index (χ4n) is 2.10. The van der Waals surface area contributed by atoms with Crippen LogP contribution >= 0.6 is 0 Å². The summed E-state index contributed by atoms with van der Waals surface area (Å²) in [5.74, 6) is 1.26. The van der Waals surface area contributed by atoms with Crippen LogP contribution in [0.5, 0.6) is 0 Å².